The van der Waals surface area contributed by atoms with Crippen LogP contribution >= 0.6 is 0 Å². The van der Waals surface area contributed by atoms with E-state index in [1.165, 1.54) is 0 Å². The summed E-state index contributed by atoms with van der Waals surface area (Å²) in [5, 5.41) is 6.80. The van der Waals surface area contributed by atoms with Crippen molar-refractivity contribution in [3.8, 4) is 0 Å². The van der Waals surface area contributed by atoms with E-state index in [-0.39, 0.29) is 18.2 Å². The minimum absolute atomic E-state index is 0.153. The van der Waals surface area contributed by atoms with Crippen molar-refractivity contribution in [2.24, 2.45) is 0 Å². The molecule has 0 fully saturated rings. The zero-order valence-electron chi connectivity index (χ0n) is 18.1. The van der Waals surface area contributed by atoms with Crippen molar-refractivity contribution in [1.82, 2.24) is 15.3 Å². The van der Waals surface area contributed by atoms with Crippen LogP contribution in [0.1, 0.15) is 32.9 Å². The number of nitrogens with one attached hydrogen (secondary N) is 2. The second kappa shape index (κ2) is 9.39. The monoisotopic (exact) mass is 424 g/mol. The Morgan fingerprint density at radius 1 is 0.938 bits per heavy atom. The topological polar surface area (TPSA) is 84.0 Å². The number of hydrogen-bond donors (Lipinski definition) is 2. The summed E-state index contributed by atoms with van der Waals surface area (Å²) >= 11 is 0. The first-order chi connectivity index (χ1) is 15.5. The molecule has 160 valence electrons. The van der Waals surface area contributed by atoms with Crippen LogP contribution in [0.5, 0.6) is 0 Å². The Balaban J connectivity index is 1.44. The number of aryl methyl sites for hydroxylation is 2. The number of fused-ring (bicyclic) bond motifs is 1. The molecule has 4 rings (SSSR count). The average molecular weight is 425 g/mol. The number of carbonyl (C=O) groups is 2. The molecule has 32 heavy (non-hydrogen) atoms. The summed E-state index contributed by atoms with van der Waals surface area (Å²) in [5.41, 5.74) is 5.58. The van der Waals surface area contributed by atoms with Gasteiger partial charge in [0, 0.05) is 28.5 Å². The normalized spacial score (nSPS) is 10.7. The molecule has 0 aliphatic heterocycles. The van der Waals surface area contributed by atoms with E-state index in [0.717, 1.165) is 33.4 Å². The van der Waals surface area contributed by atoms with Crippen LogP contribution in [-0.4, -0.2) is 21.8 Å². The number of para-hydroxylation sites is 1. The number of nitrogens with zero attached hydrogens (tertiary/aromatic N) is 2. The van der Waals surface area contributed by atoms with Crippen LogP contribution in [0.2, 0.25) is 0 Å². The molecule has 6 heteroatoms. The van der Waals surface area contributed by atoms with Crippen molar-refractivity contribution in [1.29, 1.82) is 0 Å². The van der Waals surface area contributed by atoms with Gasteiger partial charge in [0.25, 0.3) is 5.91 Å². The fraction of sp³-hybridized carbons (Fsp3) is 0.154. The lowest BCUT2D eigenvalue weighted by atomic mass is 9.99. The van der Waals surface area contributed by atoms with Crippen molar-refractivity contribution in [3.05, 3.63) is 101 Å². The van der Waals surface area contributed by atoms with Crippen molar-refractivity contribution in [3.63, 3.8) is 0 Å². The highest BCUT2D eigenvalue weighted by Crippen LogP contribution is 2.23. The zero-order chi connectivity index (χ0) is 22.5. The van der Waals surface area contributed by atoms with E-state index in [0.29, 0.717) is 17.8 Å². The van der Waals surface area contributed by atoms with E-state index in [1.54, 1.807) is 30.5 Å². The van der Waals surface area contributed by atoms with E-state index >= 15 is 0 Å². The van der Waals surface area contributed by atoms with Gasteiger partial charge in [-0.2, -0.15) is 0 Å². The van der Waals surface area contributed by atoms with Gasteiger partial charge in [0.1, 0.15) is 0 Å². The Hall–Kier alpha value is -4.06. The van der Waals surface area contributed by atoms with Crippen LogP contribution in [0.3, 0.4) is 0 Å². The number of benzene rings is 2. The number of pyridine rings is 2. The first-order valence-corrected chi connectivity index (χ1v) is 10.4. The fourth-order valence-electron chi connectivity index (χ4n) is 3.71. The minimum Gasteiger partial charge on any atom is -0.346 e. The summed E-state index contributed by atoms with van der Waals surface area (Å²) in [6, 6.07) is 20.4. The van der Waals surface area contributed by atoms with E-state index in [1.807, 2.05) is 56.3 Å². The maximum absolute atomic E-state index is 12.8. The first-order valence-electron chi connectivity index (χ1n) is 10.4. The molecule has 2 aromatic carbocycles. The second-order valence-electron chi connectivity index (χ2n) is 7.63. The largest absolute Gasteiger partial charge is 0.346 e. The molecule has 0 aliphatic carbocycles. The number of rotatable bonds is 6. The molecule has 6 nitrogen and oxygen atoms in total. The molecular formula is C26H24N4O2. The van der Waals surface area contributed by atoms with Gasteiger partial charge in [0.05, 0.1) is 24.2 Å². The third-order valence-corrected chi connectivity index (χ3v) is 5.39. The molecule has 0 bridgehead atoms. The molecule has 2 heterocycles. The summed E-state index contributed by atoms with van der Waals surface area (Å²) in [7, 11) is 0. The highest BCUT2D eigenvalue weighted by molar-refractivity contribution is 5.98. The predicted molar refractivity (Wildman–Crippen MR) is 125 cm³/mol. The summed E-state index contributed by atoms with van der Waals surface area (Å²) < 4.78 is 0. The van der Waals surface area contributed by atoms with Crippen molar-refractivity contribution >= 4 is 28.4 Å². The quantitative estimate of drug-likeness (QED) is 0.482. The third kappa shape index (κ3) is 4.81. The van der Waals surface area contributed by atoms with E-state index in [9.17, 15) is 9.59 Å². The van der Waals surface area contributed by atoms with Crippen molar-refractivity contribution in [2.75, 3.05) is 5.32 Å². The predicted octanol–water partition coefficient (Wildman–Crippen LogP) is 4.36. The lowest BCUT2D eigenvalue weighted by Gasteiger charge is -2.13. The Kier molecular flexibility index (Phi) is 6.22. The summed E-state index contributed by atoms with van der Waals surface area (Å²) in [4.78, 5) is 34.1. The number of hydrogen-bond acceptors (Lipinski definition) is 4. The minimum atomic E-state index is -0.225. The van der Waals surface area contributed by atoms with Gasteiger partial charge in [-0.05, 0) is 61.4 Å². The Bertz CT molecular complexity index is 1290. The SMILES string of the molecule is Cc1nc2ccccc2c(C)c1CC(=O)Nc1cccc(C(=O)NCc2ccccn2)c1. The first kappa shape index (κ1) is 21.2. The molecule has 4 aromatic rings. The molecule has 0 aliphatic rings. The number of amides is 2. The van der Waals surface area contributed by atoms with Crippen molar-refractivity contribution < 1.29 is 9.59 Å². The van der Waals surface area contributed by atoms with Gasteiger partial charge in [-0.1, -0.05) is 30.3 Å². The highest BCUT2D eigenvalue weighted by Gasteiger charge is 2.14. The smallest absolute Gasteiger partial charge is 0.251 e. The fourth-order valence-corrected chi connectivity index (χ4v) is 3.71. The molecule has 0 spiro atoms. The van der Waals surface area contributed by atoms with Gasteiger partial charge >= 0.3 is 0 Å². The summed E-state index contributed by atoms with van der Waals surface area (Å²) in [6.45, 7) is 4.28. The standard InChI is InChI=1S/C26H24N4O2/c1-17-22-11-3-4-12-24(22)29-18(2)23(17)15-25(31)30-20-10-7-8-19(14-20)26(32)28-16-21-9-5-6-13-27-21/h3-14H,15-16H2,1-2H3,(H,28,32)(H,30,31). The number of aromatic nitrogens is 2. The Morgan fingerprint density at radius 3 is 2.56 bits per heavy atom. The zero-order valence-corrected chi connectivity index (χ0v) is 18.1. The maximum Gasteiger partial charge on any atom is 0.251 e. The van der Waals surface area contributed by atoms with Gasteiger partial charge in [0.15, 0.2) is 0 Å². The molecule has 0 saturated heterocycles. The van der Waals surface area contributed by atoms with Crippen LogP contribution < -0.4 is 10.6 Å². The molecule has 2 N–H and O–H groups in total. The third-order valence-electron chi connectivity index (χ3n) is 5.39. The molecule has 0 unspecified atom stereocenters. The lowest BCUT2D eigenvalue weighted by molar-refractivity contribution is -0.115. The van der Waals surface area contributed by atoms with Crippen molar-refractivity contribution in [2.45, 2.75) is 26.8 Å². The highest BCUT2D eigenvalue weighted by atomic mass is 16.2. The lowest BCUT2D eigenvalue weighted by Crippen LogP contribution is -2.23. The van der Waals surface area contributed by atoms with Crippen LogP contribution in [0.25, 0.3) is 10.9 Å². The molecule has 0 saturated carbocycles. The second-order valence-corrected chi connectivity index (χ2v) is 7.63. The van der Waals surface area contributed by atoms with Crippen LogP contribution in [0.4, 0.5) is 5.69 Å². The van der Waals surface area contributed by atoms with E-state index < -0.39 is 0 Å². The van der Waals surface area contributed by atoms with Gasteiger partial charge in [-0.15, -0.1) is 0 Å². The molecule has 2 aromatic heterocycles. The molecule has 2 amide bonds. The van der Waals surface area contributed by atoms with Gasteiger partial charge in [-0.25, -0.2) is 0 Å². The van der Waals surface area contributed by atoms with Crippen LogP contribution in [0.15, 0.2) is 72.9 Å². The average Bonchev–Trinajstić information content (AvgIpc) is 2.81. The van der Waals surface area contributed by atoms with Crippen LogP contribution in [-0.2, 0) is 17.8 Å². The van der Waals surface area contributed by atoms with Crippen LogP contribution in [0, 0.1) is 13.8 Å². The number of carbonyl (C=O) groups excluding carboxylic acids is 2. The van der Waals surface area contributed by atoms with Gasteiger partial charge < -0.3 is 10.6 Å². The Labute approximate surface area is 186 Å². The molecule has 0 radical (unpaired) electrons. The maximum atomic E-state index is 12.8. The van der Waals surface area contributed by atoms with E-state index in [2.05, 4.69) is 20.6 Å². The summed E-state index contributed by atoms with van der Waals surface area (Å²) in [5.74, 6) is -0.378. The molecule has 0 atom stereocenters. The molecular weight excluding hydrogens is 400 g/mol. The number of anilines is 1. The Morgan fingerprint density at radius 2 is 1.75 bits per heavy atom. The summed E-state index contributed by atoms with van der Waals surface area (Å²) in [6.07, 6.45) is 1.90. The van der Waals surface area contributed by atoms with Gasteiger partial charge in [-0.3, -0.25) is 19.6 Å². The van der Waals surface area contributed by atoms with Gasteiger partial charge in [0.2, 0.25) is 5.91 Å². The van der Waals surface area contributed by atoms with E-state index in [4.69, 9.17) is 0 Å².